The van der Waals surface area contributed by atoms with Crippen molar-refractivity contribution in [2.75, 3.05) is 5.73 Å². The van der Waals surface area contributed by atoms with E-state index in [4.69, 9.17) is 10.8 Å². The van der Waals surface area contributed by atoms with Crippen molar-refractivity contribution in [3.8, 4) is 10.6 Å². The van der Waals surface area contributed by atoms with E-state index in [9.17, 15) is 13.6 Å². The highest BCUT2D eigenvalue weighted by atomic mass is 32.1. The quantitative estimate of drug-likeness (QED) is 0.864. The topological polar surface area (TPSA) is 76.2 Å². The molecule has 0 aliphatic heterocycles. The molecule has 0 bridgehead atoms. The maximum absolute atomic E-state index is 13.4. The molecule has 0 saturated carbocycles. The molecule has 0 aliphatic rings. The van der Waals surface area contributed by atoms with E-state index in [1.165, 1.54) is 0 Å². The van der Waals surface area contributed by atoms with E-state index in [2.05, 4.69) is 4.98 Å². The second kappa shape index (κ2) is 4.10. The first kappa shape index (κ1) is 11.5. The number of aromatic nitrogens is 1. The summed E-state index contributed by atoms with van der Waals surface area (Å²) in [6, 6.07) is 2.86. The Balaban J connectivity index is 2.57. The Morgan fingerprint density at radius 3 is 2.71 bits per heavy atom. The molecule has 4 nitrogen and oxygen atoms in total. The van der Waals surface area contributed by atoms with Crippen LogP contribution in [0.5, 0.6) is 0 Å². The van der Waals surface area contributed by atoms with Crippen LogP contribution in [0.15, 0.2) is 18.2 Å². The van der Waals surface area contributed by atoms with Crippen LogP contribution < -0.4 is 5.73 Å². The maximum Gasteiger partial charge on any atom is 0.357 e. The number of aromatic carboxylic acids is 1. The van der Waals surface area contributed by atoms with E-state index in [0.717, 1.165) is 29.5 Å². The summed E-state index contributed by atoms with van der Waals surface area (Å²) in [6.45, 7) is 0. The van der Waals surface area contributed by atoms with Crippen LogP contribution in [0.1, 0.15) is 10.5 Å². The van der Waals surface area contributed by atoms with Crippen molar-refractivity contribution in [3.63, 3.8) is 0 Å². The monoisotopic (exact) mass is 256 g/mol. The van der Waals surface area contributed by atoms with Crippen LogP contribution in [0, 0.1) is 11.6 Å². The predicted octanol–water partition coefficient (Wildman–Crippen LogP) is 2.37. The Morgan fingerprint density at radius 2 is 2.12 bits per heavy atom. The summed E-state index contributed by atoms with van der Waals surface area (Å²) >= 11 is 0.798. The Morgan fingerprint density at radius 1 is 1.41 bits per heavy atom. The van der Waals surface area contributed by atoms with E-state index in [0.29, 0.717) is 0 Å². The first-order valence-electron chi connectivity index (χ1n) is 4.44. The molecule has 1 aromatic heterocycles. The van der Waals surface area contributed by atoms with Gasteiger partial charge in [0.25, 0.3) is 0 Å². The summed E-state index contributed by atoms with van der Waals surface area (Å²) in [6.07, 6.45) is 0. The Labute approximate surface area is 98.3 Å². The number of hydrogen-bond acceptors (Lipinski definition) is 4. The fourth-order valence-corrected chi connectivity index (χ4v) is 2.10. The predicted molar refractivity (Wildman–Crippen MR) is 58.8 cm³/mol. The SMILES string of the molecule is Nc1sc(-c2cc(F)ccc2F)nc1C(=O)O. The summed E-state index contributed by atoms with van der Waals surface area (Å²) in [4.78, 5) is 14.4. The molecule has 0 unspecified atom stereocenters. The van der Waals surface area contributed by atoms with Gasteiger partial charge < -0.3 is 10.8 Å². The molecule has 0 aliphatic carbocycles. The van der Waals surface area contributed by atoms with Crippen molar-refractivity contribution in [2.24, 2.45) is 0 Å². The number of carbonyl (C=O) groups is 1. The molecule has 0 atom stereocenters. The molecule has 0 fully saturated rings. The van der Waals surface area contributed by atoms with E-state index >= 15 is 0 Å². The van der Waals surface area contributed by atoms with Gasteiger partial charge in [0.2, 0.25) is 0 Å². The number of thiazole rings is 1. The highest BCUT2D eigenvalue weighted by Crippen LogP contribution is 2.31. The van der Waals surface area contributed by atoms with Gasteiger partial charge in [0.1, 0.15) is 21.6 Å². The van der Waals surface area contributed by atoms with Gasteiger partial charge in [-0.1, -0.05) is 11.3 Å². The van der Waals surface area contributed by atoms with Crippen molar-refractivity contribution in [2.45, 2.75) is 0 Å². The van der Waals surface area contributed by atoms with Crippen LogP contribution in [0.25, 0.3) is 10.6 Å². The number of nitrogens with two attached hydrogens (primary N) is 1. The van der Waals surface area contributed by atoms with Gasteiger partial charge in [0.15, 0.2) is 5.69 Å². The molecule has 0 amide bonds. The summed E-state index contributed by atoms with van der Waals surface area (Å²) in [5.41, 5.74) is 4.97. The summed E-state index contributed by atoms with van der Waals surface area (Å²) in [5, 5.41) is 8.74. The highest BCUT2D eigenvalue weighted by Gasteiger charge is 2.18. The highest BCUT2D eigenvalue weighted by molar-refractivity contribution is 7.19. The van der Waals surface area contributed by atoms with Gasteiger partial charge in [0.05, 0.1) is 0 Å². The molecule has 1 heterocycles. The van der Waals surface area contributed by atoms with Gasteiger partial charge >= 0.3 is 5.97 Å². The van der Waals surface area contributed by atoms with E-state index in [-0.39, 0.29) is 21.3 Å². The molecule has 2 aromatic rings. The third-order valence-electron chi connectivity index (χ3n) is 2.01. The number of halogens is 2. The van der Waals surface area contributed by atoms with E-state index in [1.54, 1.807) is 0 Å². The zero-order chi connectivity index (χ0) is 12.6. The molecule has 3 N–H and O–H groups in total. The number of nitrogens with zero attached hydrogens (tertiary/aromatic N) is 1. The average molecular weight is 256 g/mol. The number of benzene rings is 1. The second-order valence-electron chi connectivity index (χ2n) is 3.16. The third-order valence-corrected chi connectivity index (χ3v) is 2.93. The molecule has 0 radical (unpaired) electrons. The van der Waals surface area contributed by atoms with Gasteiger partial charge in [-0.05, 0) is 18.2 Å². The number of anilines is 1. The molecule has 0 saturated heterocycles. The lowest BCUT2D eigenvalue weighted by Crippen LogP contribution is -2.00. The van der Waals surface area contributed by atoms with Crippen LogP contribution in [0.2, 0.25) is 0 Å². The number of rotatable bonds is 2. The fourth-order valence-electron chi connectivity index (χ4n) is 1.26. The smallest absolute Gasteiger partial charge is 0.357 e. The number of nitrogen functional groups attached to an aromatic ring is 1. The first-order valence-corrected chi connectivity index (χ1v) is 5.25. The van der Waals surface area contributed by atoms with Gasteiger partial charge in [-0.3, -0.25) is 0 Å². The number of carboxylic acids is 1. The van der Waals surface area contributed by atoms with Crippen molar-refractivity contribution in [1.82, 2.24) is 4.98 Å². The average Bonchev–Trinajstić information content (AvgIpc) is 2.64. The molecule has 88 valence electrons. The van der Waals surface area contributed by atoms with Crippen LogP contribution in [-0.4, -0.2) is 16.1 Å². The molecule has 17 heavy (non-hydrogen) atoms. The number of hydrogen-bond donors (Lipinski definition) is 2. The van der Waals surface area contributed by atoms with Crippen molar-refractivity contribution < 1.29 is 18.7 Å². The largest absolute Gasteiger partial charge is 0.476 e. The summed E-state index contributed by atoms with van der Waals surface area (Å²) < 4.78 is 26.4. The lowest BCUT2D eigenvalue weighted by atomic mass is 10.2. The Hall–Kier alpha value is -2.02. The van der Waals surface area contributed by atoms with E-state index in [1.807, 2.05) is 0 Å². The van der Waals surface area contributed by atoms with Crippen molar-refractivity contribution in [1.29, 1.82) is 0 Å². The fraction of sp³-hybridized carbons (Fsp3) is 0. The molecular weight excluding hydrogens is 250 g/mol. The molecule has 2 rings (SSSR count). The standard InChI is InChI=1S/C10H6F2N2O2S/c11-4-1-2-6(12)5(3-4)9-14-7(10(15)16)8(13)17-9/h1-3H,13H2,(H,15,16). The normalized spacial score (nSPS) is 10.5. The molecule has 1 aromatic carbocycles. The minimum atomic E-state index is -1.30. The lowest BCUT2D eigenvalue weighted by molar-refractivity contribution is 0.0692. The zero-order valence-electron chi connectivity index (χ0n) is 8.28. The van der Waals surface area contributed by atoms with Crippen LogP contribution in [0.3, 0.4) is 0 Å². The second-order valence-corrected chi connectivity index (χ2v) is 4.19. The van der Waals surface area contributed by atoms with Crippen LogP contribution >= 0.6 is 11.3 Å². The van der Waals surface area contributed by atoms with Gasteiger partial charge in [-0.2, -0.15) is 0 Å². The molecule has 0 spiro atoms. The Bertz CT molecular complexity index is 598. The van der Waals surface area contributed by atoms with Crippen LogP contribution in [-0.2, 0) is 0 Å². The van der Waals surface area contributed by atoms with Crippen LogP contribution in [0.4, 0.5) is 13.8 Å². The third kappa shape index (κ3) is 2.09. The summed E-state index contributed by atoms with van der Waals surface area (Å²) in [5.74, 6) is -2.62. The van der Waals surface area contributed by atoms with Gasteiger partial charge in [-0.25, -0.2) is 18.6 Å². The maximum atomic E-state index is 13.4. The van der Waals surface area contributed by atoms with Crippen molar-refractivity contribution >= 4 is 22.3 Å². The van der Waals surface area contributed by atoms with Gasteiger partial charge in [0, 0.05) is 5.56 Å². The summed E-state index contributed by atoms with van der Waals surface area (Å²) in [7, 11) is 0. The first-order chi connectivity index (χ1) is 7.99. The Kier molecular flexibility index (Phi) is 2.76. The minimum Gasteiger partial charge on any atom is -0.476 e. The minimum absolute atomic E-state index is 0.0388. The zero-order valence-corrected chi connectivity index (χ0v) is 9.09. The van der Waals surface area contributed by atoms with Gasteiger partial charge in [-0.15, -0.1) is 0 Å². The lowest BCUT2D eigenvalue weighted by Gasteiger charge is -1.98. The van der Waals surface area contributed by atoms with Crippen molar-refractivity contribution in [3.05, 3.63) is 35.5 Å². The van der Waals surface area contributed by atoms with E-state index < -0.39 is 17.6 Å². The molecule has 7 heteroatoms. The molecular formula is C10H6F2N2O2S. The number of carboxylic acid groups (broad SMARTS) is 1.